The Labute approximate surface area is 232 Å². The molecule has 2 fully saturated rings. The van der Waals surface area contributed by atoms with Crippen LogP contribution in [0.25, 0.3) is 11.0 Å². The number of aromatic nitrogens is 2. The first-order chi connectivity index (χ1) is 18.9. The number of nitrogens with zero attached hydrogens (tertiary/aromatic N) is 3. The van der Waals surface area contributed by atoms with Gasteiger partial charge >= 0.3 is 6.18 Å². The van der Waals surface area contributed by atoms with Gasteiger partial charge in [-0.05, 0) is 75.5 Å². The molecular formula is C28H28ClF3N4O4. The number of hydrogen-bond acceptors (Lipinski definition) is 6. The second-order valence-electron chi connectivity index (χ2n) is 11.3. The van der Waals surface area contributed by atoms with Gasteiger partial charge in [0, 0.05) is 34.7 Å². The predicted molar refractivity (Wildman–Crippen MR) is 143 cm³/mol. The summed E-state index contributed by atoms with van der Waals surface area (Å²) >= 11 is 6.19. The fourth-order valence-corrected chi connectivity index (χ4v) is 6.51. The summed E-state index contributed by atoms with van der Waals surface area (Å²) in [5.74, 6) is 0.142. The largest absolute Gasteiger partial charge is 0.491 e. The minimum Gasteiger partial charge on any atom is -0.491 e. The number of rotatable bonds is 5. The second kappa shape index (κ2) is 9.46. The van der Waals surface area contributed by atoms with E-state index >= 15 is 0 Å². The molecule has 1 spiro atoms. The van der Waals surface area contributed by atoms with Gasteiger partial charge in [-0.15, -0.1) is 0 Å². The zero-order valence-electron chi connectivity index (χ0n) is 21.7. The van der Waals surface area contributed by atoms with Crippen molar-refractivity contribution >= 4 is 34.2 Å². The van der Waals surface area contributed by atoms with E-state index < -0.39 is 34.4 Å². The van der Waals surface area contributed by atoms with Crippen molar-refractivity contribution in [1.82, 2.24) is 14.5 Å². The monoisotopic (exact) mass is 576 g/mol. The Hall–Kier alpha value is -3.15. The molecule has 6 rings (SSSR count). The van der Waals surface area contributed by atoms with Gasteiger partial charge in [-0.3, -0.25) is 19.1 Å². The van der Waals surface area contributed by atoms with Crippen LogP contribution >= 0.6 is 11.6 Å². The van der Waals surface area contributed by atoms with Gasteiger partial charge in [0.2, 0.25) is 5.91 Å². The number of alkyl halides is 3. The molecule has 8 nitrogen and oxygen atoms in total. The van der Waals surface area contributed by atoms with E-state index in [0.29, 0.717) is 43.6 Å². The van der Waals surface area contributed by atoms with E-state index in [0.717, 1.165) is 11.3 Å². The summed E-state index contributed by atoms with van der Waals surface area (Å²) in [6.45, 7) is 3.64. The van der Waals surface area contributed by atoms with Crippen LogP contribution in [0, 0.1) is 0 Å². The number of amides is 1. The minimum absolute atomic E-state index is 0.0210. The third kappa shape index (κ3) is 4.63. The number of anilines is 1. The van der Waals surface area contributed by atoms with Crippen LogP contribution in [0.5, 0.6) is 5.75 Å². The average Bonchev–Trinajstić information content (AvgIpc) is 3.13. The average molecular weight is 577 g/mol. The number of carbonyl (C=O) groups is 1. The number of benzene rings is 1. The third-order valence-corrected chi connectivity index (χ3v) is 8.69. The number of halogens is 4. The molecule has 4 heterocycles. The molecule has 1 aliphatic carbocycles. The highest BCUT2D eigenvalue weighted by Gasteiger charge is 2.48. The van der Waals surface area contributed by atoms with Crippen LogP contribution in [0.3, 0.4) is 0 Å². The number of carbonyl (C=O) groups excluding carboxylic acids is 1. The van der Waals surface area contributed by atoms with Gasteiger partial charge in [-0.25, -0.2) is 4.98 Å². The van der Waals surface area contributed by atoms with Crippen LogP contribution in [0.15, 0.2) is 41.3 Å². The maximum absolute atomic E-state index is 13.8. The number of hydrogen-bond donors (Lipinski definition) is 2. The Bertz CT molecular complexity index is 1560. The topological polar surface area (TPSA) is 96.7 Å². The standard InChI is InChI=1S/C28H28ClF3N4O4/c1-26(39)13-17(14-26)36-23(37)12-20(28(30,31)32)19-11-18(15-33-24(19)36)40-9-8-35-6-4-27(5-7-35)21-10-16(29)2-3-22(21)34-25(27)38/h2-3,10-12,15,17,39H,4-9,13-14H2,1H3,(H,34,38)/t17-,26+. The van der Waals surface area contributed by atoms with E-state index in [1.165, 1.54) is 16.8 Å². The first-order valence-corrected chi connectivity index (χ1v) is 13.6. The van der Waals surface area contributed by atoms with Gasteiger partial charge < -0.3 is 15.2 Å². The van der Waals surface area contributed by atoms with Crippen molar-refractivity contribution in [2.24, 2.45) is 0 Å². The second-order valence-corrected chi connectivity index (χ2v) is 11.7. The highest BCUT2D eigenvalue weighted by Crippen LogP contribution is 2.46. The van der Waals surface area contributed by atoms with Crippen molar-refractivity contribution in [2.75, 3.05) is 31.6 Å². The van der Waals surface area contributed by atoms with Crippen molar-refractivity contribution < 1.29 is 27.8 Å². The fraction of sp³-hybridized carbons (Fsp3) is 0.464. The molecule has 212 valence electrons. The van der Waals surface area contributed by atoms with Crippen molar-refractivity contribution in [2.45, 2.75) is 55.8 Å². The molecular weight excluding hydrogens is 549 g/mol. The lowest BCUT2D eigenvalue weighted by Gasteiger charge is -2.42. The summed E-state index contributed by atoms with van der Waals surface area (Å²) in [4.78, 5) is 31.9. The molecule has 0 atom stereocenters. The SMILES string of the molecule is C[C@]1(O)C[C@@H](n2c(=O)cc(C(F)(F)F)c3cc(OCCN4CCC5(CC4)C(=O)Nc4ccc(Cl)cc45)cnc32)C1. The Balaban J connectivity index is 1.15. The van der Waals surface area contributed by atoms with Crippen molar-refractivity contribution in [1.29, 1.82) is 0 Å². The number of fused-ring (bicyclic) bond motifs is 3. The third-order valence-electron chi connectivity index (χ3n) is 8.45. The molecule has 1 saturated carbocycles. The molecule has 1 amide bonds. The lowest BCUT2D eigenvalue weighted by atomic mass is 9.73. The minimum atomic E-state index is -4.75. The molecule has 1 aromatic carbocycles. The maximum Gasteiger partial charge on any atom is 0.417 e. The van der Waals surface area contributed by atoms with Gasteiger partial charge in [0.1, 0.15) is 18.0 Å². The summed E-state index contributed by atoms with van der Waals surface area (Å²) in [5, 5.41) is 13.4. The van der Waals surface area contributed by atoms with Crippen LogP contribution in [0.4, 0.5) is 18.9 Å². The van der Waals surface area contributed by atoms with Crippen LogP contribution in [-0.2, 0) is 16.4 Å². The number of pyridine rings is 2. The molecule has 12 heteroatoms. The van der Waals surface area contributed by atoms with Gasteiger partial charge in [0.15, 0.2) is 0 Å². The maximum atomic E-state index is 13.8. The van der Waals surface area contributed by atoms with E-state index in [4.69, 9.17) is 16.3 Å². The zero-order valence-corrected chi connectivity index (χ0v) is 22.5. The van der Waals surface area contributed by atoms with Gasteiger partial charge in [-0.1, -0.05) is 11.6 Å². The Morgan fingerprint density at radius 1 is 1.18 bits per heavy atom. The smallest absolute Gasteiger partial charge is 0.417 e. The summed E-state index contributed by atoms with van der Waals surface area (Å²) in [6.07, 6.45) is -1.69. The highest BCUT2D eigenvalue weighted by molar-refractivity contribution is 6.31. The summed E-state index contributed by atoms with van der Waals surface area (Å²) in [7, 11) is 0. The van der Waals surface area contributed by atoms with Gasteiger partial charge in [0.05, 0.1) is 22.8 Å². The Morgan fingerprint density at radius 3 is 2.58 bits per heavy atom. The van der Waals surface area contributed by atoms with E-state index in [-0.39, 0.29) is 42.1 Å². The van der Waals surface area contributed by atoms with Gasteiger partial charge in [-0.2, -0.15) is 13.2 Å². The lowest BCUT2D eigenvalue weighted by Crippen LogP contribution is -2.47. The molecule has 2 aromatic heterocycles. The number of aliphatic hydroxyl groups is 1. The van der Waals surface area contributed by atoms with Crippen molar-refractivity contribution in [3.05, 3.63) is 63.0 Å². The van der Waals surface area contributed by atoms with Crippen molar-refractivity contribution in [3.8, 4) is 5.75 Å². The van der Waals surface area contributed by atoms with Crippen LogP contribution in [0.2, 0.25) is 5.02 Å². The summed E-state index contributed by atoms with van der Waals surface area (Å²) in [6, 6.07) is 6.85. The van der Waals surface area contributed by atoms with Crippen LogP contribution in [0.1, 0.15) is 49.8 Å². The molecule has 0 bridgehead atoms. The van der Waals surface area contributed by atoms with Crippen LogP contribution in [-0.4, -0.2) is 57.3 Å². The molecule has 2 N–H and O–H groups in total. The molecule has 3 aliphatic rings. The number of piperidine rings is 1. The van der Waals surface area contributed by atoms with Crippen molar-refractivity contribution in [3.63, 3.8) is 0 Å². The van der Waals surface area contributed by atoms with E-state index in [1.54, 1.807) is 13.0 Å². The molecule has 1 saturated heterocycles. The Kier molecular flexibility index (Phi) is 6.39. The number of nitrogens with one attached hydrogen (secondary N) is 1. The summed E-state index contributed by atoms with van der Waals surface area (Å²) < 4.78 is 48.6. The fourth-order valence-electron chi connectivity index (χ4n) is 6.34. The van der Waals surface area contributed by atoms with E-state index in [9.17, 15) is 27.9 Å². The summed E-state index contributed by atoms with van der Waals surface area (Å²) in [5.41, 5.74) is -1.81. The molecule has 0 unspecified atom stereocenters. The normalized spacial score (nSPS) is 24.1. The zero-order chi connectivity index (χ0) is 28.4. The number of likely N-dealkylation sites (tertiary alicyclic amines) is 1. The quantitative estimate of drug-likeness (QED) is 0.464. The van der Waals surface area contributed by atoms with E-state index in [2.05, 4.69) is 15.2 Å². The molecule has 3 aromatic rings. The van der Waals surface area contributed by atoms with Crippen LogP contribution < -0.4 is 15.6 Å². The Morgan fingerprint density at radius 2 is 1.90 bits per heavy atom. The first kappa shape index (κ1) is 27.0. The first-order valence-electron chi connectivity index (χ1n) is 13.2. The molecule has 0 radical (unpaired) electrons. The van der Waals surface area contributed by atoms with Gasteiger partial charge in [0.25, 0.3) is 5.56 Å². The lowest BCUT2D eigenvalue weighted by molar-refractivity contribution is -0.136. The molecule has 40 heavy (non-hydrogen) atoms. The highest BCUT2D eigenvalue weighted by atomic mass is 35.5. The number of ether oxygens (including phenoxy) is 1. The predicted octanol–water partition coefficient (Wildman–Crippen LogP) is 4.52. The molecule has 2 aliphatic heterocycles. The van der Waals surface area contributed by atoms with E-state index in [1.807, 2.05) is 12.1 Å².